The van der Waals surface area contributed by atoms with Crippen LogP contribution in [0.4, 0.5) is 0 Å². The molecular formula is C13H26N2. The van der Waals surface area contributed by atoms with Crippen LogP contribution in [-0.4, -0.2) is 18.1 Å². The van der Waals surface area contributed by atoms with Crippen molar-refractivity contribution in [2.75, 3.05) is 0 Å². The van der Waals surface area contributed by atoms with Gasteiger partial charge in [0, 0.05) is 18.1 Å². The molecule has 0 aromatic rings. The third kappa shape index (κ3) is 3.76. The minimum atomic E-state index is 0.460. The van der Waals surface area contributed by atoms with Gasteiger partial charge in [-0.25, -0.2) is 0 Å². The van der Waals surface area contributed by atoms with Gasteiger partial charge in [0.15, 0.2) is 0 Å². The van der Waals surface area contributed by atoms with Gasteiger partial charge in [-0.05, 0) is 32.1 Å². The van der Waals surface area contributed by atoms with Gasteiger partial charge >= 0.3 is 0 Å². The van der Waals surface area contributed by atoms with Gasteiger partial charge in [-0.2, -0.15) is 0 Å². The SMILES string of the molecule is NC1CCCC(NC2CCCCCC2)C1. The van der Waals surface area contributed by atoms with E-state index in [2.05, 4.69) is 5.32 Å². The fourth-order valence-electron chi connectivity index (χ4n) is 3.16. The first-order valence-corrected chi connectivity index (χ1v) is 6.86. The van der Waals surface area contributed by atoms with Crippen LogP contribution in [0.5, 0.6) is 0 Å². The maximum Gasteiger partial charge on any atom is 0.00843 e. The molecule has 0 bridgehead atoms. The first-order valence-electron chi connectivity index (χ1n) is 6.86. The van der Waals surface area contributed by atoms with E-state index >= 15 is 0 Å². The summed E-state index contributed by atoms with van der Waals surface area (Å²) < 4.78 is 0. The Kier molecular flexibility index (Phi) is 4.45. The molecule has 0 heterocycles. The molecule has 2 fully saturated rings. The third-order valence-electron chi connectivity index (χ3n) is 4.04. The lowest BCUT2D eigenvalue weighted by molar-refractivity contribution is 0.299. The molecular weight excluding hydrogens is 184 g/mol. The van der Waals surface area contributed by atoms with Crippen molar-refractivity contribution < 1.29 is 0 Å². The fourth-order valence-corrected chi connectivity index (χ4v) is 3.16. The Morgan fingerprint density at radius 2 is 1.40 bits per heavy atom. The number of nitrogens with one attached hydrogen (secondary N) is 1. The van der Waals surface area contributed by atoms with Crippen LogP contribution in [0, 0.1) is 0 Å². The summed E-state index contributed by atoms with van der Waals surface area (Å²) in [4.78, 5) is 0. The second kappa shape index (κ2) is 5.86. The molecule has 3 N–H and O–H groups in total. The molecule has 2 nitrogen and oxygen atoms in total. The Hall–Kier alpha value is -0.0800. The summed E-state index contributed by atoms with van der Waals surface area (Å²) in [6.45, 7) is 0. The molecule has 2 saturated carbocycles. The van der Waals surface area contributed by atoms with Gasteiger partial charge in [-0.3, -0.25) is 0 Å². The highest BCUT2D eigenvalue weighted by Crippen LogP contribution is 2.22. The minimum Gasteiger partial charge on any atom is -0.328 e. The maximum absolute atomic E-state index is 6.02. The van der Waals surface area contributed by atoms with Crippen molar-refractivity contribution in [3.05, 3.63) is 0 Å². The number of hydrogen-bond donors (Lipinski definition) is 2. The van der Waals surface area contributed by atoms with Crippen LogP contribution in [0.25, 0.3) is 0 Å². The molecule has 2 unspecified atom stereocenters. The summed E-state index contributed by atoms with van der Waals surface area (Å²) in [5.41, 5.74) is 6.02. The molecule has 2 rings (SSSR count). The summed E-state index contributed by atoms with van der Waals surface area (Å²) in [6, 6.07) is 1.97. The second-order valence-corrected chi connectivity index (χ2v) is 5.48. The first-order chi connectivity index (χ1) is 7.34. The smallest absolute Gasteiger partial charge is 0.00843 e. The largest absolute Gasteiger partial charge is 0.328 e. The van der Waals surface area contributed by atoms with Gasteiger partial charge < -0.3 is 11.1 Å². The van der Waals surface area contributed by atoms with Crippen molar-refractivity contribution in [2.45, 2.75) is 82.3 Å². The van der Waals surface area contributed by atoms with Crippen molar-refractivity contribution >= 4 is 0 Å². The molecule has 0 spiro atoms. The highest BCUT2D eigenvalue weighted by Gasteiger charge is 2.22. The van der Waals surface area contributed by atoms with Crippen molar-refractivity contribution in [1.29, 1.82) is 0 Å². The molecule has 0 saturated heterocycles. The molecule has 0 amide bonds. The van der Waals surface area contributed by atoms with E-state index in [1.807, 2.05) is 0 Å². The second-order valence-electron chi connectivity index (χ2n) is 5.48. The van der Waals surface area contributed by atoms with E-state index in [1.165, 1.54) is 64.2 Å². The minimum absolute atomic E-state index is 0.460. The molecule has 2 atom stereocenters. The average Bonchev–Trinajstić information content (AvgIpc) is 2.46. The van der Waals surface area contributed by atoms with Crippen LogP contribution in [0.1, 0.15) is 64.2 Å². The Balaban J connectivity index is 1.74. The van der Waals surface area contributed by atoms with E-state index < -0.39 is 0 Å². The molecule has 2 aliphatic rings. The van der Waals surface area contributed by atoms with Crippen molar-refractivity contribution in [3.63, 3.8) is 0 Å². The van der Waals surface area contributed by atoms with Gasteiger partial charge in [0.05, 0.1) is 0 Å². The summed E-state index contributed by atoms with van der Waals surface area (Å²) >= 11 is 0. The summed E-state index contributed by atoms with van der Waals surface area (Å²) in [7, 11) is 0. The lowest BCUT2D eigenvalue weighted by Crippen LogP contribution is -2.44. The molecule has 0 aromatic heterocycles. The molecule has 15 heavy (non-hydrogen) atoms. The van der Waals surface area contributed by atoms with Gasteiger partial charge in [0.1, 0.15) is 0 Å². The molecule has 2 aliphatic carbocycles. The first kappa shape index (κ1) is 11.4. The van der Waals surface area contributed by atoms with E-state index in [9.17, 15) is 0 Å². The molecule has 0 aromatic carbocycles. The quantitative estimate of drug-likeness (QED) is 0.687. The standard InChI is InChI=1S/C13H26N2/c14-11-6-5-9-13(10-11)15-12-7-3-1-2-4-8-12/h11-13,15H,1-10,14H2. The van der Waals surface area contributed by atoms with E-state index in [0.29, 0.717) is 6.04 Å². The third-order valence-corrected chi connectivity index (χ3v) is 4.04. The number of hydrogen-bond acceptors (Lipinski definition) is 2. The average molecular weight is 210 g/mol. The van der Waals surface area contributed by atoms with Gasteiger partial charge in [0.2, 0.25) is 0 Å². The van der Waals surface area contributed by atoms with Crippen molar-refractivity contribution in [2.24, 2.45) is 5.73 Å². The highest BCUT2D eigenvalue weighted by molar-refractivity contribution is 4.83. The summed E-state index contributed by atoms with van der Waals surface area (Å²) in [5.74, 6) is 0. The number of nitrogens with two attached hydrogens (primary N) is 1. The maximum atomic E-state index is 6.02. The Morgan fingerprint density at radius 1 is 0.733 bits per heavy atom. The zero-order valence-corrected chi connectivity index (χ0v) is 9.88. The van der Waals surface area contributed by atoms with Crippen LogP contribution in [-0.2, 0) is 0 Å². The van der Waals surface area contributed by atoms with E-state index in [1.54, 1.807) is 0 Å². The van der Waals surface area contributed by atoms with Crippen LogP contribution < -0.4 is 11.1 Å². The Morgan fingerprint density at radius 3 is 2.07 bits per heavy atom. The van der Waals surface area contributed by atoms with Crippen LogP contribution in [0.15, 0.2) is 0 Å². The highest BCUT2D eigenvalue weighted by atomic mass is 15.0. The lowest BCUT2D eigenvalue weighted by atomic mass is 9.90. The molecule has 0 aliphatic heterocycles. The zero-order chi connectivity index (χ0) is 10.5. The van der Waals surface area contributed by atoms with Gasteiger partial charge in [0.25, 0.3) is 0 Å². The van der Waals surface area contributed by atoms with Crippen LogP contribution in [0.3, 0.4) is 0 Å². The topological polar surface area (TPSA) is 38.0 Å². The van der Waals surface area contributed by atoms with Crippen molar-refractivity contribution in [1.82, 2.24) is 5.32 Å². The van der Waals surface area contributed by atoms with E-state index in [-0.39, 0.29) is 0 Å². The molecule has 0 radical (unpaired) electrons. The summed E-state index contributed by atoms with van der Waals surface area (Å²) in [5, 5.41) is 3.85. The normalized spacial score (nSPS) is 35.0. The molecule has 2 heteroatoms. The van der Waals surface area contributed by atoms with E-state index in [0.717, 1.165) is 12.1 Å². The van der Waals surface area contributed by atoms with Gasteiger partial charge in [-0.1, -0.05) is 32.1 Å². The lowest BCUT2D eigenvalue weighted by Gasteiger charge is -2.31. The van der Waals surface area contributed by atoms with Crippen molar-refractivity contribution in [3.8, 4) is 0 Å². The van der Waals surface area contributed by atoms with Crippen LogP contribution >= 0.6 is 0 Å². The predicted molar refractivity (Wildman–Crippen MR) is 64.9 cm³/mol. The predicted octanol–water partition coefficient (Wildman–Crippen LogP) is 2.57. The van der Waals surface area contributed by atoms with Crippen LogP contribution in [0.2, 0.25) is 0 Å². The fraction of sp³-hybridized carbons (Fsp3) is 1.00. The molecule has 88 valence electrons. The monoisotopic (exact) mass is 210 g/mol. The Labute approximate surface area is 94.0 Å². The van der Waals surface area contributed by atoms with Gasteiger partial charge in [-0.15, -0.1) is 0 Å². The number of rotatable bonds is 2. The van der Waals surface area contributed by atoms with E-state index in [4.69, 9.17) is 5.73 Å². The summed E-state index contributed by atoms with van der Waals surface area (Å²) in [6.07, 6.45) is 13.7. The zero-order valence-electron chi connectivity index (χ0n) is 9.88. The Bertz CT molecular complexity index is 173.